The SMILES string of the molecule is CS(=O)(=O)c1ccc(C2=CC3(C=C2c2ccc(C(F)(F)F)cc2)CC3)cn1. The molecule has 7 heteroatoms. The van der Waals surface area contributed by atoms with Gasteiger partial charge in [-0.05, 0) is 53.8 Å². The number of sulfone groups is 1. The van der Waals surface area contributed by atoms with Crippen molar-refractivity contribution >= 4 is 21.0 Å². The van der Waals surface area contributed by atoms with Gasteiger partial charge in [0.25, 0.3) is 0 Å². The van der Waals surface area contributed by atoms with Crippen LogP contribution < -0.4 is 0 Å². The molecule has 2 aromatic rings. The molecule has 0 amide bonds. The van der Waals surface area contributed by atoms with Gasteiger partial charge in [0, 0.05) is 23.4 Å². The third-order valence-electron chi connectivity index (χ3n) is 4.93. The van der Waals surface area contributed by atoms with Crippen LogP contribution in [-0.4, -0.2) is 19.7 Å². The highest BCUT2D eigenvalue weighted by Crippen LogP contribution is 2.57. The molecule has 140 valence electrons. The molecule has 1 saturated carbocycles. The van der Waals surface area contributed by atoms with Gasteiger partial charge in [0.1, 0.15) is 0 Å². The third-order valence-corrected chi connectivity index (χ3v) is 5.93. The minimum atomic E-state index is -4.37. The molecule has 0 unspecified atom stereocenters. The third kappa shape index (κ3) is 3.43. The highest BCUT2D eigenvalue weighted by atomic mass is 32.2. The van der Waals surface area contributed by atoms with Gasteiger partial charge in [0.15, 0.2) is 14.9 Å². The molecular weight excluding hydrogens is 375 g/mol. The summed E-state index contributed by atoms with van der Waals surface area (Å²) < 4.78 is 61.7. The Labute approximate surface area is 155 Å². The van der Waals surface area contributed by atoms with Gasteiger partial charge in [-0.2, -0.15) is 13.2 Å². The van der Waals surface area contributed by atoms with Crippen molar-refractivity contribution in [3.05, 3.63) is 71.4 Å². The molecule has 0 atom stereocenters. The Morgan fingerprint density at radius 3 is 1.93 bits per heavy atom. The lowest BCUT2D eigenvalue weighted by molar-refractivity contribution is -0.137. The van der Waals surface area contributed by atoms with Crippen LogP contribution in [0, 0.1) is 5.41 Å². The second-order valence-electron chi connectivity index (χ2n) is 7.08. The second kappa shape index (κ2) is 5.79. The lowest BCUT2D eigenvalue weighted by Crippen LogP contribution is -2.04. The number of halogens is 3. The molecule has 4 rings (SSSR count). The van der Waals surface area contributed by atoms with E-state index in [-0.39, 0.29) is 10.4 Å². The van der Waals surface area contributed by atoms with Crippen LogP contribution in [0.25, 0.3) is 11.1 Å². The first-order valence-corrected chi connectivity index (χ1v) is 10.3. The van der Waals surface area contributed by atoms with Gasteiger partial charge >= 0.3 is 6.18 Å². The molecular formula is C20H16F3NO2S. The summed E-state index contributed by atoms with van der Waals surface area (Å²) in [6.45, 7) is 0. The van der Waals surface area contributed by atoms with Crippen molar-refractivity contribution < 1.29 is 21.6 Å². The monoisotopic (exact) mass is 391 g/mol. The Balaban J connectivity index is 1.72. The average molecular weight is 391 g/mol. The van der Waals surface area contributed by atoms with E-state index in [1.54, 1.807) is 6.07 Å². The summed E-state index contributed by atoms with van der Waals surface area (Å²) in [5.41, 5.74) is 2.45. The van der Waals surface area contributed by atoms with Crippen LogP contribution in [0.5, 0.6) is 0 Å². The van der Waals surface area contributed by atoms with Crippen LogP contribution in [-0.2, 0) is 16.0 Å². The fraction of sp³-hybridized carbons (Fsp3) is 0.250. The molecule has 0 aliphatic heterocycles. The molecule has 3 nitrogen and oxygen atoms in total. The zero-order valence-corrected chi connectivity index (χ0v) is 15.2. The maximum absolute atomic E-state index is 12.8. The second-order valence-corrected chi connectivity index (χ2v) is 9.04. The summed E-state index contributed by atoms with van der Waals surface area (Å²) in [6.07, 6.45) is 4.42. The Bertz CT molecular complexity index is 1060. The summed E-state index contributed by atoms with van der Waals surface area (Å²) >= 11 is 0. The zero-order chi connectivity index (χ0) is 19.4. The lowest BCUT2D eigenvalue weighted by atomic mass is 9.95. The van der Waals surface area contributed by atoms with Crippen LogP contribution in [0.15, 0.2) is 59.8 Å². The number of nitrogens with zero attached hydrogens (tertiary/aromatic N) is 1. The van der Waals surface area contributed by atoms with E-state index in [0.717, 1.165) is 47.9 Å². The molecule has 0 radical (unpaired) electrons. The van der Waals surface area contributed by atoms with Crippen molar-refractivity contribution in [2.45, 2.75) is 24.0 Å². The fourth-order valence-corrected chi connectivity index (χ4v) is 3.84. The van der Waals surface area contributed by atoms with Crippen molar-refractivity contribution in [3.63, 3.8) is 0 Å². The Kier molecular flexibility index (Phi) is 3.86. The van der Waals surface area contributed by atoms with E-state index in [1.807, 2.05) is 0 Å². The minimum absolute atomic E-state index is 0.00829. The Hall–Kier alpha value is -2.41. The lowest BCUT2D eigenvalue weighted by Gasteiger charge is -2.12. The van der Waals surface area contributed by atoms with Crippen molar-refractivity contribution in [2.75, 3.05) is 6.26 Å². The first-order chi connectivity index (χ1) is 12.6. The van der Waals surface area contributed by atoms with Gasteiger partial charge in [0.2, 0.25) is 0 Å². The van der Waals surface area contributed by atoms with Crippen LogP contribution in [0.3, 0.4) is 0 Å². The normalized spacial score (nSPS) is 18.4. The van der Waals surface area contributed by atoms with Gasteiger partial charge in [-0.25, -0.2) is 13.4 Å². The van der Waals surface area contributed by atoms with Crippen LogP contribution in [0.4, 0.5) is 13.2 Å². The van der Waals surface area contributed by atoms with Crippen molar-refractivity contribution in [3.8, 4) is 0 Å². The van der Waals surface area contributed by atoms with E-state index in [1.165, 1.54) is 24.4 Å². The highest BCUT2D eigenvalue weighted by Gasteiger charge is 2.43. The number of benzene rings is 1. The zero-order valence-electron chi connectivity index (χ0n) is 14.4. The van der Waals surface area contributed by atoms with E-state index in [0.29, 0.717) is 5.56 Å². The molecule has 2 aliphatic carbocycles. The Morgan fingerprint density at radius 2 is 1.48 bits per heavy atom. The fourth-order valence-electron chi connectivity index (χ4n) is 3.28. The van der Waals surface area contributed by atoms with Crippen molar-refractivity contribution in [1.82, 2.24) is 4.98 Å². The summed E-state index contributed by atoms with van der Waals surface area (Å²) in [5.74, 6) is 0. The topological polar surface area (TPSA) is 47.0 Å². The van der Waals surface area contributed by atoms with Crippen molar-refractivity contribution in [1.29, 1.82) is 0 Å². The van der Waals surface area contributed by atoms with Gasteiger partial charge < -0.3 is 0 Å². The summed E-state index contributed by atoms with van der Waals surface area (Å²) in [5, 5.41) is -0.00829. The molecule has 1 fully saturated rings. The maximum Gasteiger partial charge on any atom is 0.416 e. The van der Waals surface area contributed by atoms with E-state index in [2.05, 4.69) is 17.1 Å². The molecule has 0 N–H and O–H groups in total. The number of aromatic nitrogens is 1. The first-order valence-electron chi connectivity index (χ1n) is 8.38. The molecule has 0 bridgehead atoms. The summed E-state index contributed by atoms with van der Waals surface area (Å²) in [4.78, 5) is 4.03. The predicted molar refractivity (Wildman–Crippen MR) is 96.4 cm³/mol. The van der Waals surface area contributed by atoms with Crippen molar-refractivity contribution in [2.24, 2.45) is 5.41 Å². The smallest absolute Gasteiger partial charge is 0.244 e. The molecule has 1 aromatic carbocycles. The van der Waals surface area contributed by atoms with Crippen LogP contribution in [0.2, 0.25) is 0 Å². The summed E-state index contributed by atoms with van der Waals surface area (Å²) in [7, 11) is -3.39. The Morgan fingerprint density at radius 1 is 0.926 bits per heavy atom. The van der Waals surface area contributed by atoms with Gasteiger partial charge in [0.05, 0.1) is 5.56 Å². The van der Waals surface area contributed by atoms with Crippen LogP contribution >= 0.6 is 0 Å². The average Bonchev–Trinajstić information content (AvgIpc) is 3.24. The molecule has 2 aliphatic rings. The van der Waals surface area contributed by atoms with Gasteiger partial charge in [-0.15, -0.1) is 0 Å². The quantitative estimate of drug-likeness (QED) is 0.758. The van der Waals surface area contributed by atoms with E-state index >= 15 is 0 Å². The summed E-state index contributed by atoms with van der Waals surface area (Å²) in [6, 6.07) is 8.25. The van der Waals surface area contributed by atoms with Crippen LogP contribution in [0.1, 0.15) is 29.5 Å². The molecule has 1 heterocycles. The largest absolute Gasteiger partial charge is 0.416 e. The number of rotatable bonds is 3. The van der Waals surface area contributed by atoms with E-state index in [9.17, 15) is 21.6 Å². The van der Waals surface area contributed by atoms with Gasteiger partial charge in [-0.1, -0.05) is 24.3 Å². The van der Waals surface area contributed by atoms with E-state index in [4.69, 9.17) is 0 Å². The molecule has 0 saturated heterocycles. The van der Waals surface area contributed by atoms with E-state index < -0.39 is 21.6 Å². The number of hydrogen-bond acceptors (Lipinski definition) is 3. The number of pyridine rings is 1. The maximum atomic E-state index is 12.8. The highest BCUT2D eigenvalue weighted by molar-refractivity contribution is 7.90. The standard InChI is InChI=1S/C20H16F3NO2S/c1-27(25,26)18-7-4-14(12-24-18)17-11-19(8-9-19)10-16(17)13-2-5-15(6-3-13)20(21,22)23/h2-7,10-12H,8-9H2,1H3. The first kappa shape index (κ1) is 18.0. The number of hydrogen-bond donors (Lipinski definition) is 0. The molecule has 1 aromatic heterocycles. The molecule has 1 spiro atoms. The van der Waals surface area contributed by atoms with Gasteiger partial charge in [-0.3, -0.25) is 0 Å². The number of alkyl halides is 3. The predicted octanol–water partition coefficient (Wildman–Crippen LogP) is 4.76. The molecule has 27 heavy (non-hydrogen) atoms. The number of allylic oxidation sites excluding steroid dienone is 4. The minimum Gasteiger partial charge on any atom is -0.244 e.